The number of nitrogens with zero attached hydrogens (tertiary/aromatic N) is 2. The monoisotopic (exact) mass is 248 g/mol. The summed E-state index contributed by atoms with van der Waals surface area (Å²) >= 11 is 0. The predicted octanol–water partition coefficient (Wildman–Crippen LogP) is 2.66. The second-order valence-corrected chi connectivity index (χ2v) is 4.88. The van der Waals surface area contributed by atoms with Gasteiger partial charge in [-0.3, -0.25) is 9.69 Å². The van der Waals surface area contributed by atoms with E-state index in [0.29, 0.717) is 13.0 Å². The molecule has 0 spiro atoms. The number of fused-ring (bicyclic) bond motifs is 4. The van der Waals surface area contributed by atoms with E-state index in [1.165, 1.54) is 0 Å². The van der Waals surface area contributed by atoms with Gasteiger partial charge in [0.1, 0.15) is 5.84 Å². The van der Waals surface area contributed by atoms with E-state index in [1.54, 1.807) is 4.90 Å². The number of carbonyl (C=O) groups excluding carboxylic acids is 1. The molecule has 3 heteroatoms. The molecule has 0 unspecified atom stereocenters. The van der Waals surface area contributed by atoms with Crippen LogP contribution in [-0.4, -0.2) is 16.6 Å². The summed E-state index contributed by atoms with van der Waals surface area (Å²) in [5, 5.41) is 0. The average Bonchev–Trinajstić information content (AvgIpc) is 2.46. The number of amidine groups is 1. The molecule has 0 saturated carbocycles. The van der Waals surface area contributed by atoms with Crippen LogP contribution >= 0.6 is 0 Å². The molecule has 0 radical (unpaired) electrons. The molecule has 92 valence electrons. The largest absolute Gasteiger partial charge is 0.291 e. The Labute approximate surface area is 111 Å². The Balaban J connectivity index is 1.96. The van der Waals surface area contributed by atoms with Gasteiger partial charge in [-0.1, -0.05) is 42.5 Å². The molecule has 4 rings (SSSR count). The molecule has 0 saturated heterocycles. The maximum absolute atomic E-state index is 12.2. The van der Waals surface area contributed by atoms with Crippen LogP contribution in [0.1, 0.15) is 16.7 Å². The maximum atomic E-state index is 12.2. The first-order chi connectivity index (χ1) is 9.33. The van der Waals surface area contributed by atoms with Crippen molar-refractivity contribution in [2.75, 3.05) is 0 Å². The Morgan fingerprint density at radius 3 is 2.58 bits per heavy atom. The van der Waals surface area contributed by atoms with E-state index in [1.807, 2.05) is 48.5 Å². The van der Waals surface area contributed by atoms with E-state index in [-0.39, 0.29) is 5.91 Å². The third kappa shape index (κ3) is 1.51. The SMILES string of the molecule is O=C1Cc2ccccc2C2=Nc3ccccc3CN12. The summed E-state index contributed by atoms with van der Waals surface area (Å²) in [5.74, 6) is 0.928. The molecule has 0 aromatic heterocycles. The van der Waals surface area contributed by atoms with Gasteiger partial charge in [0.15, 0.2) is 0 Å². The van der Waals surface area contributed by atoms with Crippen LogP contribution in [0.5, 0.6) is 0 Å². The van der Waals surface area contributed by atoms with Gasteiger partial charge in [0.05, 0.1) is 18.7 Å². The molecule has 2 heterocycles. The number of benzene rings is 2. The zero-order chi connectivity index (χ0) is 12.8. The van der Waals surface area contributed by atoms with Crippen LogP contribution < -0.4 is 0 Å². The number of hydrogen-bond donors (Lipinski definition) is 0. The van der Waals surface area contributed by atoms with Gasteiger partial charge in [-0.15, -0.1) is 0 Å². The first-order valence-electron chi connectivity index (χ1n) is 6.38. The van der Waals surface area contributed by atoms with Crippen LogP contribution in [0, 0.1) is 0 Å². The van der Waals surface area contributed by atoms with E-state index in [2.05, 4.69) is 4.99 Å². The van der Waals surface area contributed by atoms with Crippen molar-refractivity contribution in [1.29, 1.82) is 0 Å². The van der Waals surface area contributed by atoms with E-state index in [9.17, 15) is 4.79 Å². The van der Waals surface area contributed by atoms with Crippen LogP contribution in [0.2, 0.25) is 0 Å². The molecule has 2 aliphatic heterocycles. The highest BCUT2D eigenvalue weighted by atomic mass is 16.2. The molecule has 2 aromatic rings. The van der Waals surface area contributed by atoms with Gasteiger partial charge in [0, 0.05) is 5.56 Å². The number of amides is 1. The molecule has 0 aliphatic carbocycles. The van der Waals surface area contributed by atoms with E-state index in [4.69, 9.17) is 0 Å². The van der Waals surface area contributed by atoms with Crippen LogP contribution in [0.25, 0.3) is 0 Å². The zero-order valence-electron chi connectivity index (χ0n) is 10.3. The highest BCUT2D eigenvalue weighted by Crippen LogP contribution is 2.31. The second kappa shape index (κ2) is 3.79. The molecule has 2 aliphatic rings. The van der Waals surface area contributed by atoms with Gasteiger partial charge >= 0.3 is 0 Å². The third-order valence-electron chi connectivity index (χ3n) is 3.70. The van der Waals surface area contributed by atoms with Gasteiger partial charge in [0.25, 0.3) is 0 Å². The fourth-order valence-corrected chi connectivity index (χ4v) is 2.74. The van der Waals surface area contributed by atoms with Crippen molar-refractivity contribution in [1.82, 2.24) is 4.90 Å². The summed E-state index contributed by atoms with van der Waals surface area (Å²) in [4.78, 5) is 18.7. The first kappa shape index (κ1) is 10.5. The summed E-state index contributed by atoms with van der Waals surface area (Å²) in [6, 6.07) is 16.0. The van der Waals surface area contributed by atoms with Crippen LogP contribution in [0.3, 0.4) is 0 Å². The number of hydrogen-bond acceptors (Lipinski definition) is 2. The van der Waals surface area contributed by atoms with Crippen molar-refractivity contribution in [2.24, 2.45) is 4.99 Å². The molecule has 1 amide bonds. The fraction of sp³-hybridized carbons (Fsp3) is 0.125. The van der Waals surface area contributed by atoms with Crippen molar-refractivity contribution in [2.45, 2.75) is 13.0 Å². The minimum absolute atomic E-state index is 0.131. The topological polar surface area (TPSA) is 32.7 Å². The minimum Gasteiger partial charge on any atom is -0.291 e. The van der Waals surface area contributed by atoms with Gasteiger partial charge in [-0.25, -0.2) is 4.99 Å². The molecular weight excluding hydrogens is 236 g/mol. The van der Waals surface area contributed by atoms with Crippen molar-refractivity contribution >= 4 is 17.4 Å². The molecule has 0 N–H and O–H groups in total. The molecule has 0 atom stereocenters. The summed E-state index contributed by atoms with van der Waals surface area (Å²) in [6.45, 7) is 0.627. The lowest BCUT2D eigenvalue weighted by molar-refractivity contribution is -0.127. The van der Waals surface area contributed by atoms with Crippen LogP contribution in [0.4, 0.5) is 5.69 Å². The lowest BCUT2D eigenvalue weighted by Gasteiger charge is -2.33. The Hall–Kier alpha value is -2.42. The standard InChI is InChI=1S/C16H12N2O/c19-15-9-11-5-1-3-7-13(11)16-17-14-8-4-2-6-12(14)10-18(15)16/h1-8H,9-10H2. The average molecular weight is 248 g/mol. The van der Waals surface area contributed by atoms with Gasteiger partial charge in [-0.2, -0.15) is 0 Å². The van der Waals surface area contributed by atoms with Crippen molar-refractivity contribution in [3.63, 3.8) is 0 Å². The summed E-state index contributed by atoms with van der Waals surface area (Å²) < 4.78 is 0. The minimum atomic E-state index is 0.131. The van der Waals surface area contributed by atoms with E-state index < -0.39 is 0 Å². The smallest absolute Gasteiger partial charge is 0.232 e. The molecular formula is C16H12N2O. The highest BCUT2D eigenvalue weighted by molar-refractivity contribution is 6.14. The van der Waals surface area contributed by atoms with Crippen molar-refractivity contribution in [3.8, 4) is 0 Å². The van der Waals surface area contributed by atoms with Crippen LogP contribution in [-0.2, 0) is 17.8 Å². The quantitative estimate of drug-likeness (QED) is 0.705. The number of carbonyl (C=O) groups is 1. The molecule has 0 fully saturated rings. The van der Waals surface area contributed by atoms with E-state index >= 15 is 0 Å². The fourth-order valence-electron chi connectivity index (χ4n) is 2.74. The molecule has 3 nitrogen and oxygen atoms in total. The molecule has 19 heavy (non-hydrogen) atoms. The number of para-hydroxylation sites is 1. The molecule has 0 bridgehead atoms. The highest BCUT2D eigenvalue weighted by Gasteiger charge is 2.31. The zero-order valence-corrected chi connectivity index (χ0v) is 10.3. The predicted molar refractivity (Wildman–Crippen MR) is 73.3 cm³/mol. The van der Waals surface area contributed by atoms with Gasteiger partial charge in [-0.05, 0) is 17.2 Å². The summed E-state index contributed by atoms with van der Waals surface area (Å²) in [5.41, 5.74) is 4.23. The first-order valence-corrected chi connectivity index (χ1v) is 6.38. The number of aliphatic imine (C=N–C) groups is 1. The third-order valence-corrected chi connectivity index (χ3v) is 3.70. The maximum Gasteiger partial charge on any atom is 0.232 e. The lowest BCUT2D eigenvalue weighted by Crippen LogP contribution is -2.43. The van der Waals surface area contributed by atoms with E-state index in [0.717, 1.165) is 28.2 Å². The second-order valence-electron chi connectivity index (χ2n) is 4.88. The lowest BCUT2D eigenvalue weighted by atomic mass is 9.96. The Morgan fingerprint density at radius 1 is 0.947 bits per heavy atom. The van der Waals surface area contributed by atoms with Gasteiger partial charge < -0.3 is 0 Å². The molecule has 2 aromatic carbocycles. The summed E-state index contributed by atoms with van der Waals surface area (Å²) in [7, 11) is 0. The van der Waals surface area contributed by atoms with Crippen molar-refractivity contribution < 1.29 is 4.79 Å². The number of rotatable bonds is 0. The Kier molecular flexibility index (Phi) is 2.09. The van der Waals surface area contributed by atoms with Gasteiger partial charge in [0.2, 0.25) is 5.91 Å². The Morgan fingerprint density at radius 2 is 1.68 bits per heavy atom. The van der Waals surface area contributed by atoms with Crippen molar-refractivity contribution in [3.05, 3.63) is 65.2 Å². The normalized spacial score (nSPS) is 16.3. The Bertz CT molecular complexity index is 718. The van der Waals surface area contributed by atoms with Crippen LogP contribution in [0.15, 0.2) is 53.5 Å². The summed E-state index contributed by atoms with van der Waals surface area (Å²) in [6.07, 6.45) is 0.470.